The number of ether oxygens (including phenoxy) is 2. The van der Waals surface area contributed by atoms with Crippen molar-refractivity contribution >= 4 is 5.97 Å². The molecule has 0 aliphatic heterocycles. The normalized spacial score (nSPS) is 13.7. The van der Waals surface area contributed by atoms with Crippen molar-refractivity contribution in [3.63, 3.8) is 0 Å². The predicted octanol–water partition coefficient (Wildman–Crippen LogP) is 4.24. The minimum absolute atomic E-state index is 0.0349. The SMILES string of the molecule is Cc1cc(CCc2nc(-c3cccnc3OCC3CCCC3)no2)ccc1OCCCNCC(=O)O. The zero-order valence-corrected chi connectivity index (χ0v) is 20.7. The highest BCUT2D eigenvalue weighted by Crippen LogP contribution is 2.29. The summed E-state index contributed by atoms with van der Waals surface area (Å²) in [4.78, 5) is 19.5. The lowest BCUT2D eigenvalue weighted by Crippen LogP contribution is -2.24. The van der Waals surface area contributed by atoms with Crippen LogP contribution >= 0.6 is 0 Å². The van der Waals surface area contributed by atoms with Gasteiger partial charge in [-0.1, -0.05) is 30.1 Å². The third-order valence-electron chi connectivity index (χ3n) is 6.31. The Bertz CT molecular complexity index is 1130. The highest BCUT2D eigenvalue weighted by atomic mass is 16.5. The molecule has 0 spiro atoms. The monoisotopic (exact) mass is 494 g/mol. The van der Waals surface area contributed by atoms with Gasteiger partial charge >= 0.3 is 5.97 Å². The standard InChI is InChI=1S/C27H34N4O5/c1-19-16-20(9-11-23(19)34-15-5-13-28-17-25(32)33)10-12-24-30-26(31-36-24)22-8-4-14-29-27(22)35-18-21-6-2-3-7-21/h4,8-9,11,14,16,21,28H,2-3,5-7,10,12-13,15,17-18H2,1H3,(H,32,33). The lowest BCUT2D eigenvalue weighted by molar-refractivity contribution is -0.135. The van der Waals surface area contributed by atoms with Gasteiger partial charge in [-0.3, -0.25) is 4.79 Å². The molecule has 1 fully saturated rings. The number of aromatic nitrogens is 3. The zero-order valence-electron chi connectivity index (χ0n) is 20.7. The van der Waals surface area contributed by atoms with E-state index in [1.165, 1.54) is 25.7 Å². The number of nitrogens with zero attached hydrogens (tertiary/aromatic N) is 3. The number of nitrogens with one attached hydrogen (secondary N) is 1. The quantitative estimate of drug-likeness (QED) is 0.317. The lowest BCUT2D eigenvalue weighted by atomic mass is 10.1. The van der Waals surface area contributed by atoms with Crippen LogP contribution in [0.1, 0.15) is 49.1 Å². The van der Waals surface area contributed by atoms with Gasteiger partial charge in [0.2, 0.25) is 17.6 Å². The van der Waals surface area contributed by atoms with E-state index >= 15 is 0 Å². The van der Waals surface area contributed by atoms with E-state index in [0.29, 0.717) is 49.7 Å². The molecule has 0 bridgehead atoms. The first-order valence-electron chi connectivity index (χ1n) is 12.6. The summed E-state index contributed by atoms with van der Waals surface area (Å²) in [6.45, 7) is 3.78. The van der Waals surface area contributed by atoms with Crippen molar-refractivity contribution in [3.8, 4) is 23.0 Å². The molecule has 1 aliphatic rings. The molecule has 0 unspecified atom stereocenters. The average molecular weight is 495 g/mol. The van der Waals surface area contributed by atoms with Crippen molar-refractivity contribution in [1.82, 2.24) is 20.4 Å². The Labute approximate surface area is 211 Å². The molecule has 4 rings (SSSR count). The fraction of sp³-hybridized carbons (Fsp3) is 0.481. The molecule has 0 amide bonds. The number of carbonyl (C=O) groups is 1. The summed E-state index contributed by atoms with van der Waals surface area (Å²) in [5.74, 6) is 2.20. The summed E-state index contributed by atoms with van der Waals surface area (Å²) in [5.41, 5.74) is 2.96. The fourth-order valence-electron chi connectivity index (χ4n) is 4.37. The molecule has 0 atom stereocenters. The van der Waals surface area contributed by atoms with Gasteiger partial charge in [0.1, 0.15) is 5.75 Å². The Kier molecular flexibility index (Phi) is 9.27. The highest BCUT2D eigenvalue weighted by Gasteiger charge is 2.19. The number of pyridine rings is 1. The van der Waals surface area contributed by atoms with E-state index in [9.17, 15) is 4.79 Å². The molecule has 0 radical (unpaired) electrons. The molecule has 1 aliphatic carbocycles. The van der Waals surface area contributed by atoms with Crippen LogP contribution < -0.4 is 14.8 Å². The predicted molar refractivity (Wildman–Crippen MR) is 134 cm³/mol. The Morgan fingerprint density at radius 1 is 1.19 bits per heavy atom. The van der Waals surface area contributed by atoms with Crippen LogP contribution in [-0.2, 0) is 17.6 Å². The van der Waals surface area contributed by atoms with Crippen molar-refractivity contribution in [3.05, 3.63) is 53.5 Å². The van der Waals surface area contributed by atoms with E-state index in [1.54, 1.807) is 6.20 Å². The molecule has 3 aromatic rings. The first-order chi connectivity index (χ1) is 17.6. The maximum atomic E-state index is 10.5. The van der Waals surface area contributed by atoms with Crippen LogP contribution in [0.4, 0.5) is 0 Å². The molecule has 0 saturated heterocycles. The molecular formula is C27H34N4O5. The minimum Gasteiger partial charge on any atom is -0.493 e. The Morgan fingerprint density at radius 3 is 2.86 bits per heavy atom. The second-order valence-electron chi connectivity index (χ2n) is 9.20. The van der Waals surface area contributed by atoms with Crippen LogP contribution in [0.15, 0.2) is 41.1 Å². The number of rotatable bonds is 14. The molecule has 2 N–H and O–H groups in total. The number of aryl methyl sites for hydroxylation is 3. The lowest BCUT2D eigenvalue weighted by Gasteiger charge is -2.12. The molecular weight excluding hydrogens is 460 g/mol. The van der Waals surface area contributed by atoms with Gasteiger partial charge in [-0.15, -0.1) is 0 Å². The Balaban J connectivity index is 1.27. The first-order valence-corrected chi connectivity index (χ1v) is 12.6. The van der Waals surface area contributed by atoms with E-state index < -0.39 is 5.97 Å². The van der Waals surface area contributed by atoms with Crippen LogP contribution in [0.5, 0.6) is 11.6 Å². The molecule has 2 aromatic heterocycles. The summed E-state index contributed by atoms with van der Waals surface area (Å²) in [7, 11) is 0. The van der Waals surface area contributed by atoms with Crippen LogP contribution in [0, 0.1) is 12.8 Å². The zero-order chi connectivity index (χ0) is 25.2. The minimum atomic E-state index is -0.857. The van der Waals surface area contributed by atoms with Gasteiger partial charge in [0.25, 0.3) is 0 Å². The first kappa shape index (κ1) is 25.6. The molecule has 1 aromatic carbocycles. The molecule has 1 saturated carbocycles. The molecule has 192 valence electrons. The highest BCUT2D eigenvalue weighted by molar-refractivity contribution is 5.68. The van der Waals surface area contributed by atoms with Crippen LogP contribution in [-0.4, -0.2) is 52.5 Å². The van der Waals surface area contributed by atoms with E-state index in [-0.39, 0.29) is 6.54 Å². The number of hydrogen-bond acceptors (Lipinski definition) is 8. The van der Waals surface area contributed by atoms with Crippen LogP contribution in [0.25, 0.3) is 11.4 Å². The van der Waals surface area contributed by atoms with Crippen molar-refractivity contribution < 1.29 is 23.9 Å². The summed E-state index contributed by atoms with van der Waals surface area (Å²) in [6.07, 6.45) is 8.83. The largest absolute Gasteiger partial charge is 0.493 e. The van der Waals surface area contributed by atoms with Gasteiger partial charge in [0, 0.05) is 12.6 Å². The summed E-state index contributed by atoms with van der Waals surface area (Å²) >= 11 is 0. The van der Waals surface area contributed by atoms with Gasteiger partial charge in [-0.2, -0.15) is 4.98 Å². The summed E-state index contributed by atoms with van der Waals surface area (Å²) in [5, 5.41) is 15.7. The van der Waals surface area contributed by atoms with Gasteiger partial charge in [-0.05, 0) is 74.4 Å². The van der Waals surface area contributed by atoms with E-state index in [2.05, 4.69) is 26.5 Å². The van der Waals surface area contributed by atoms with E-state index in [1.807, 2.05) is 31.2 Å². The maximum Gasteiger partial charge on any atom is 0.317 e. The molecule has 2 heterocycles. The van der Waals surface area contributed by atoms with Crippen molar-refractivity contribution in [2.75, 3.05) is 26.3 Å². The topological polar surface area (TPSA) is 120 Å². The van der Waals surface area contributed by atoms with Gasteiger partial charge < -0.3 is 24.4 Å². The number of carboxylic acids is 1. The van der Waals surface area contributed by atoms with E-state index in [4.69, 9.17) is 19.1 Å². The third-order valence-corrected chi connectivity index (χ3v) is 6.31. The Hall–Kier alpha value is -3.46. The second-order valence-corrected chi connectivity index (χ2v) is 9.20. The van der Waals surface area contributed by atoms with Gasteiger partial charge in [0.15, 0.2) is 0 Å². The number of aliphatic carboxylic acids is 1. The number of carboxylic acid groups (broad SMARTS) is 1. The van der Waals surface area contributed by atoms with Crippen molar-refractivity contribution in [1.29, 1.82) is 0 Å². The second kappa shape index (κ2) is 13.0. The van der Waals surface area contributed by atoms with Gasteiger partial charge in [-0.25, -0.2) is 4.98 Å². The summed E-state index contributed by atoms with van der Waals surface area (Å²) in [6, 6.07) is 9.88. The Morgan fingerprint density at radius 2 is 2.06 bits per heavy atom. The maximum absolute atomic E-state index is 10.5. The molecule has 9 nitrogen and oxygen atoms in total. The van der Waals surface area contributed by atoms with Crippen LogP contribution in [0.2, 0.25) is 0 Å². The number of hydrogen-bond donors (Lipinski definition) is 2. The third kappa shape index (κ3) is 7.52. The van der Waals surface area contributed by atoms with Crippen molar-refractivity contribution in [2.45, 2.75) is 51.9 Å². The van der Waals surface area contributed by atoms with E-state index in [0.717, 1.165) is 35.3 Å². The average Bonchev–Trinajstić information content (AvgIpc) is 3.57. The number of benzene rings is 1. The van der Waals surface area contributed by atoms with Crippen molar-refractivity contribution in [2.24, 2.45) is 5.92 Å². The molecule has 36 heavy (non-hydrogen) atoms. The summed E-state index contributed by atoms with van der Waals surface area (Å²) < 4.78 is 17.4. The molecule has 9 heteroatoms. The van der Waals surface area contributed by atoms with Crippen LogP contribution in [0.3, 0.4) is 0 Å². The fourth-order valence-corrected chi connectivity index (χ4v) is 4.37. The smallest absolute Gasteiger partial charge is 0.317 e. The van der Waals surface area contributed by atoms with Gasteiger partial charge in [0.05, 0.1) is 25.3 Å².